The third kappa shape index (κ3) is 3.13. The smallest absolute Gasteiger partial charge is 0.230 e. The second-order valence-corrected chi connectivity index (χ2v) is 5.81. The largest absolute Gasteiger partial charge is 0.339 e. The molecule has 1 fully saturated rings. The van der Waals surface area contributed by atoms with Gasteiger partial charge in [-0.05, 0) is 63.4 Å². The minimum atomic E-state index is -0.272. The Hall–Kier alpha value is -1.75. The SMILES string of the molecule is CNC1CCC(c2nc(-c3cc(C)cc(F)c3)no2)CC1. The summed E-state index contributed by atoms with van der Waals surface area (Å²) >= 11 is 0. The molecule has 112 valence electrons. The van der Waals surface area contributed by atoms with Crippen LogP contribution in [0.4, 0.5) is 4.39 Å². The number of benzene rings is 1. The molecule has 1 N–H and O–H groups in total. The summed E-state index contributed by atoms with van der Waals surface area (Å²) in [5.41, 5.74) is 1.53. The molecule has 2 aromatic rings. The van der Waals surface area contributed by atoms with Crippen molar-refractivity contribution in [3.63, 3.8) is 0 Å². The maximum absolute atomic E-state index is 13.5. The third-order valence-corrected chi connectivity index (χ3v) is 4.23. The second-order valence-electron chi connectivity index (χ2n) is 5.81. The lowest BCUT2D eigenvalue weighted by Gasteiger charge is -2.25. The van der Waals surface area contributed by atoms with E-state index in [1.54, 1.807) is 0 Å². The second kappa shape index (κ2) is 5.93. The van der Waals surface area contributed by atoms with Gasteiger partial charge in [-0.2, -0.15) is 4.98 Å². The first kappa shape index (κ1) is 14.2. The Morgan fingerprint density at radius 2 is 1.95 bits per heavy atom. The van der Waals surface area contributed by atoms with E-state index < -0.39 is 0 Å². The Morgan fingerprint density at radius 3 is 2.62 bits per heavy atom. The minimum Gasteiger partial charge on any atom is -0.339 e. The van der Waals surface area contributed by atoms with E-state index in [4.69, 9.17) is 4.52 Å². The van der Waals surface area contributed by atoms with Crippen molar-refractivity contribution in [2.24, 2.45) is 0 Å². The molecule has 1 aromatic heterocycles. The lowest BCUT2D eigenvalue weighted by atomic mass is 9.86. The van der Waals surface area contributed by atoms with Crippen LogP contribution in [0, 0.1) is 12.7 Å². The highest BCUT2D eigenvalue weighted by molar-refractivity contribution is 5.55. The van der Waals surface area contributed by atoms with E-state index in [9.17, 15) is 4.39 Å². The van der Waals surface area contributed by atoms with Gasteiger partial charge in [0.15, 0.2) is 0 Å². The van der Waals surface area contributed by atoms with Gasteiger partial charge in [-0.1, -0.05) is 5.16 Å². The quantitative estimate of drug-likeness (QED) is 0.940. The Kier molecular flexibility index (Phi) is 4.01. The first-order valence-electron chi connectivity index (χ1n) is 7.44. The van der Waals surface area contributed by atoms with Crippen LogP contribution in [0.5, 0.6) is 0 Å². The number of nitrogens with zero attached hydrogens (tertiary/aromatic N) is 2. The zero-order valence-corrected chi connectivity index (χ0v) is 12.4. The number of aryl methyl sites for hydroxylation is 1. The number of aromatic nitrogens is 2. The number of halogens is 1. The molecule has 0 bridgehead atoms. The zero-order chi connectivity index (χ0) is 14.8. The Morgan fingerprint density at radius 1 is 1.19 bits per heavy atom. The van der Waals surface area contributed by atoms with Crippen LogP contribution in [-0.4, -0.2) is 23.2 Å². The fourth-order valence-corrected chi connectivity index (χ4v) is 3.01. The Balaban J connectivity index is 1.77. The van der Waals surface area contributed by atoms with Crippen LogP contribution in [0.3, 0.4) is 0 Å². The van der Waals surface area contributed by atoms with Gasteiger partial charge in [0.2, 0.25) is 11.7 Å². The summed E-state index contributed by atoms with van der Waals surface area (Å²) in [4.78, 5) is 4.47. The van der Waals surface area contributed by atoms with Crippen molar-refractivity contribution in [2.45, 2.75) is 44.6 Å². The maximum atomic E-state index is 13.5. The van der Waals surface area contributed by atoms with E-state index in [-0.39, 0.29) is 5.82 Å². The molecule has 0 radical (unpaired) electrons. The molecule has 1 saturated carbocycles. The predicted octanol–water partition coefficient (Wildman–Crippen LogP) is 3.43. The lowest BCUT2D eigenvalue weighted by Crippen LogP contribution is -2.29. The average Bonchev–Trinajstić information content (AvgIpc) is 2.96. The fourth-order valence-electron chi connectivity index (χ4n) is 3.01. The van der Waals surface area contributed by atoms with E-state index in [2.05, 4.69) is 15.5 Å². The summed E-state index contributed by atoms with van der Waals surface area (Å²) in [5.74, 6) is 1.21. The van der Waals surface area contributed by atoms with Crippen molar-refractivity contribution in [2.75, 3.05) is 7.05 Å². The van der Waals surface area contributed by atoms with Crippen molar-refractivity contribution >= 4 is 0 Å². The van der Waals surface area contributed by atoms with Crippen LogP contribution < -0.4 is 5.32 Å². The Bertz CT molecular complexity index is 597. The lowest BCUT2D eigenvalue weighted by molar-refractivity contribution is 0.289. The van der Waals surface area contributed by atoms with E-state index in [1.807, 2.05) is 20.0 Å². The molecular formula is C16H20FN3O. The molecule has 0 unspecified atom stereocenters. The summed E-state index contributed by atoms with van der Waals surface area (Å²) in [7, 11) is 2.00. The van der Waals surface area contributed by atoms with E-state index in [0.717, 1.165) is 31.2 Å². The normalized spacial score (nSPS) is 22.4. The Labute approximate surface area is 123 Å². The number of hydrogen-bond acceptors (Lipinski definition) is 4. The molecule has 0 amide bonds. The molecule has 0 spiro atoms. The first-order valence-corrected chi connectivity index (χ1v) is 7.44. The highest BCUT2D eigenvalue weighted by Crippen LogP contribution is 2.32. The number of nitrogens with one attached hydrogen (secondary N) is 1. The van der Waals surface area contributed by atoms with Crippen molar-refractivity contribution in [3.05, 3.63) is 35.5 Å². The summed E-state index contributed by atoms with van der Waals surface area (Å²) in [6.45, 7) is 1.85. The van der Waals surface area contributed by atoms with Crippen molar-refractivity contribution in [3.8, 4) is 11.4 Å². The fraction of sp³-hybridized carbons (Fsp3) is 0.500. The van der Waals surface area contributed by atoms with Crippen LogP contribution in [0.2, 0.25) is 0 Å². The van der Waals surface area contributed by atoms with Crippen LogP contribution in [0.15, 0.2) is 22.7 Å². The van der Waals surface area contributed by atoms with Gasteiger partial charge in [-0.15, -0.1) is 0 Å². The molecule has 5 heteroatoms. The minimum absolute atomic E-state index is 0.272. The average molecular weight is 289 g/mol. The molecule has 21 heavy (non-hydrogen) atoms. The molecule has 1 aliphatic rings. The molecule has 0 saturated heterocycles. The van der Waals surface area contributed by atoms with Gasteiger partial charge in [0.05, 0.1) is 0 Å². The summed E-state index contributed by atoms with van der Waals surface area (Å²) in [6.07, 6.45) is 4.35. The van der Waals surface area contributed by atoms with E-state index >= 15 is 0 Å². The number of rotatable bonds is 3. The predicted molar refractivity (Wildman–Crippen MR) is 78.5 cm³/mol. The molecule has 4 nitrogen and oxygen atoms in total. The molecule has 3 rings (SSSR count). The molecule has 1 aromatic carbocycles. The maximum Gasteiger partial charge on any atom is 0.230 e. The third-order valence-electron chi connectivity index (χ3n) is 4.23. The van der Waals surface area contributed by atoms with Gasteiger partial charge < -0.3 is 9.84 Å². The topological polar surface area (TPSA) is 51.0 Å². The van der Waals surface area contributed by atoms with Crippen LogP contribution in [0.25, 0.3) is 11.4 Å². The van der Waals surface area contributed by atoms with Gasteiger partial charge in [0.25, 0.3) is 0 Å². The molecule has 0 aliphatic heterocycles. The standard InChI is InChI=1S/C16H20FN3O/c1-10-7-12(9-13(17)8-10)15-19-16(21-20-15)11-3-5-14(18-2)6-4-11/h7-9,11,14,18H,3-6H2,1-2H3. The molecule has 1 aliphatic carbocycles. The highest BCUT2D eigenvalue weighted by Gasteiger charge is 2.26. The molecule has 0 atom stereocenters. The van der Waals surface area contributed by atoms with E-state index in [1.165, 1.54) is 12.1 Å². The zero-order valence-electron chi connectivity index (χ0n) is 12.4. The van der Waals surface area contributed by atoms with E-state index in [0.29, 0.717) is 29.2 Å². The van der Waals surface area contributed by atoms with Crippen LogP contribution in [0.1, 0.15) is 43.1 Å². The van der Waals surface area contributed by atoms with Crippen LogP contribution in [-0.2, 0) is 0 Å². The van der Waals surface area contributed by atoms with Crippen molar-refractivity contribution in [1.29, 1.82) is 0 Å². The monoisotopic (exact) mass is 289 g/mol. The van der Waals surface area contributed by atoms with Gasteiger partial charge in [-0.25, -0.2) is 4.39 Å². The van der Waals surface area contributed by atoms with Gasteiger partial charge >= 0.3 is 0 Å². The summed E-state index contributed by atoms with van der Waals surface area (Å²) in [5, 5.41) is 7.33. The van der Waals surface area contributed by atoms with Gasteiger partial charge in [-0.3, -0.25) is 0 Å². The van der Waals surface area contributed by atoms with Crippen molar-refractivity contribution in [1.82, 2.24) is 15.5 Å². The highest BCUT2D eigenvalue weighted by atomic mass is 19.1. The van der Waals surface area contributed by atoms with Gasteiger partial charge in [0.1, 0.15) is 5.82 Å². The summed E-state index contributed by atoms with van der Waals surface area (Å²) < 4.78 is 18.9. The van der Waals surface area contributed by atoms with Crippen molar-refractivity contribution < 1.29 is 8.91 Å². The number of hydrogen-bond donors (Lipinski definition) is 1. The molecule has 1 heterocycles. The summed E-state index contributed by atoms with van der Waals surface area (Å²) in [6, 6.07) is 5.40. The van der Waals surface area contributed by atoms with Crippen LogP contribution >= 0.6 is 0 Å². The molecular weight excluding hydrogens is 269 g/mol. The van der Waals surface area contributed by atoms with Gasteiger partial charge in [0, 0.05) is 17.5 Å². The first-order chi connectivity index (χ1) is 10.2.